The maximum atomic E-state index is 5.36. The van der Waals surface area contributed by atoms with Crippen LogP contribution in [0.3, 0.4) is 0 Å². The number of aliphatic imine (C=N–C) groups is 2. The Morgan fingerprint density at radius 1 is 0.500 bits per heavy atom. The Morgan fingerprint density at radius 3 is 1.75 bits per heavy atom. The summed E-state index contributed by atoms with van der Waals surface area (Å²) >= 11 is 0. The second kappa shape index (κ2) is 11.8. The Balaban J connectivity index is 1.38. The molecule has 48 heavy (non-hydrogen) atoms. The summed E-state index contributed by atoms with van der Waals surface area (Å²) in [6.45, 7) is 0. The molecular formula is C44H32N4. The van der Waals surface area contributed by atoms with Crippen molar-refractivity contribution in [3.8, 4) is 0 Å². The Bertz CT molecular complexity index is 2420. The van der Waals surface area contributed by atoms with E-state index >= 15 is 0 Å². The average Bonchev–Trinajstić information content (AvgIpc) is 3.98. The first-order chi connectivity index (χ1) is 23.8. The zero-order valence-corrected chi connectivity index (χ0v) is 26.2. The van der Waals surface area contributed by atoms with E-state index in [4.69, 9.17) is 9.98 Å². The number of nitrogens with one attached hydrogen (secondary N) is 2. The van der Waals surface area contributed by atoms with Gasteiger partial charge in [0.1, 0.15) is 0 Å². The minimum absolute atomic E-state index is 0.0450. The Kier molecular flexibility index (Phi) is 6.90. The first-order valence-corrected chi connectivity index (χ1v) is 16.4. The van der Waals surface area contributed by atoms with E-state index in [0.29, 0.717) is 0 Å². The highest BCUT2D eigenvalue weighted by molar-refractivity contribution is 6.30. The zero-order chi connectivity index (χ0) is 31.9. The van der Waals surface area contributed by atoms with Crippen LogP contribution in [0.5, 0.6) is 0 Å². The predicted molar refractivity (Wildman–Crippen MR) is 196 cm³/mol. The summed E-state index contributed by atoms with van der Waals surface area (Å²) < 4.78 is 0. The zero-order valence-electron chi connectivity index (χ0n) is 26.2. The third-order valence-electron chi connectivity index (χ3n) is 9.41. The minimum Gasteiger partial charge on any atom is -0.358 e. The van der Waals surface area contributed by atoms with Crippen LogP contribution in [0.2, 0.25) is 0 Å². The van der Waals surface area contributed by atoms with Crippen molar-refractivity contribution >= 4 is 28.6 Å². The van der Waals surface area contributed by atoms with Gasteiger partial charge in [0.05, 0.1) is 17.1 Å². The monoisotopic (exact) mass is 616 g/mol. The number of fused-ring (bicyclic) bond motifs is 6. The van der Waals surface area contributed by atoms with Crippen LogP contribution in [-0.2, 0) is 0 Å². The second-order valence-electron chi connectivity index (χ2n) is 12.3. The highest BCUT2D eigenvalue weighted by Gasteiger charge is 2.29. The number of H-pyrrole nitrogens is 2. The van der Waals surface area contributed by atoms with Crippen LogP contribution in [0.15, 0.2) is 185 Å². The summed E-state index contributed by atoms with van der Waals surface area (Å²) in [5, 5.41) is 2.02. The molecule has 2 aromatic heterocycles. The number of nitrogens with zero attached hydrogens (tertiary/aromatic N) is 2. The molecule has 228 valence electrons. The van der Waals surface area contributed by atoms with Gasteiger partial charge in [-0.05, 0) is 64.7 Å². The van der Waals surface area contributed by atoms with Crippen LogP contribution in [0.4, 0.5) is 0 Å². The lowest BCUT2D eigenvalue weighted by Gasteiger charge is -2.20. The molecule has 4 heteroatoms. The topological polar surface area (TPSA) is 56.3 Å². The van der Waals surface area contributed by atoms with Gasteiger partial charge >= 0.3 is 0 Å². The largest absolute Gasteiger partial charge is 0.358 e. The predicted octanol–water partition coefficient (Wildman–Crippen LogP) is 7.94. The smallest absolute Gasteiger partial charge is 0.0737 e. The maximum absolute atomic E-state index is 5.36. The van der Waals surface area contributed by atoms with Crippen molar-refractivity contribution in [2.45, 2.75) is 5.92 Å². The molecular weight excluding hydrogens is 585 g/mol. The first kappa shape index (κ1) is 28.0. The maximum Gasteiger partial charge on any atom is 0.0737 e. The van der Waals surface area contributed by atoms with Crippen molar-refractivity contribution in [1.82, 2.24) is 9.97 Å². The van der Waals surface area contributed by atoms with E-state index in [2.05, 4.69) is 180 Å². The van der Waals surface area contributed by atoms with Crippen LogP contribution >= 0.6 is 0 Å². The molecule has 0 saturated heterocycles. The van der Waals surface area contributed by atoms with Crippen molar-refractivity contribution < 1.29 is 0 Å². The fourth-order valence-corrected chi connectivity index (χ4v) is 7.24. The van der Waals surface area contributed by atoms with E-state index in [1.807, 2.05) is 0 Å². The van der Waals surface area contributed by atoms with E-state index in [1.165, 1.54) is 5.56 Å². The molecule has 0 amide bonds. The summed E-state index contributed by atoms with van der Waals surface area (Å²) in [5.74, 6) is 0.0915. The molecule has 3 aliphatic rings. The molecule has 5 heterocycles. The summed E-state index contributed by atoms with van der Waals surface area (Å²) in [6.07, 6.45) is 8.75. The van der Waals surface area contributed by atoms with Crippen LogP contribution in [0.1, 0.15) is 39.6 Å². The van der Waals surface area contributed by atoms with Gasteiger partial charge in [-0.2, -0.15) is 0 Å². The number of allylic oxidation sites excluding steroid dienone is 4. The van der Waals surface area contributed by atoms with Gasteiger partial charge in [-0.1, -0.05) is 121 Å². The third-order valence-corrected chi connectivity index (χ3v) is 9.41. The van der Waals surface area contributed by atoms with Gasteiger partial charge in [0.25, 0.3) is 0 Å². The summed E-state index contributed by atoms with van der Waals surface area (Å²) in [6, 6.07) is 51.2. The first-order valence-electron chi connectivity index (χ1n) is 16.4. The van der Waals surface area contributed by atoms with Gasteiger partial charge in [-0.3, -0.25) is 4.99 Å². The molecule has 0 saturated carbocycles. The van der Waals surface area contributed by atoms with Crippen LogP contribution in [0.25, 0.3) is 16.7 Å². The van der Waals surface area contributed by atoms with Crippen LogP contribution in [-0.4, -0.2) is 21.9 Å². The molecule has 4 nitrogen and oxygen atoms in total. The normalized spacial score (nSPS) is 22.1. The minimum atomic E-state index is 0.0450. The second-order valence-corrected chi connectivity index (χ2v) is 12.3. The average molecular weight is 617 g/mol. The lowest BCUT2D eigenvalue weighted by atomic mass is 9.84. The molecule has 2 N–H and O–H groups in total. The SMILES string of the molecule is C1=C/C2=C(\c3ccccc3)c3ccc([nH]3)C(c3ccccc3)C3C=NC(=C3)/C(c3ccccc3)=c3/cc/c([nH]3)=C(\c3ccccc3)C1=N2. The molecule has 4 aromatic carbocycles. The molecule has 2 unspecified atom stereocenters. The number of aromatic amines is 2. The molecule has 8 bridgehead atoms. The Hall–Kier alpha value is -6.26. The lowest BCUT2D eigenvalue weighted by Crippen LogP contribution is -2.19. The Labute approximate surface area is 279 Å². The van der Waals surface area contributed by atoms with Gasteiger partial charge in [0.2, 0.25) is 0 Å². The number of hydrogen-bond donors (Lipinski definition) is 2. The molecule has 9 rings (SSSR count). The van der Waals surface area contributed by atoms with Crippen LogP contribution in [0, 0.1) is 5.92 Å². The molecule has 0 radical (unpaired) electrons. The van der Waals surface area contributed by atoms with E-state index in [9.17, 15) is 0 Å². The molecule has 3 aliphatic heterocycles. The number of hydrogen-bond acceptors (Lipinski definition) is 2. The molecule has 6 aromatic rings. The standard InChI is InChI=1S/C44H32N4/c1-5-13-29(14-6-1)41-33-27-40(45-28-33)44(32-19-11-4-12-20-32)39-26-25-38(48-39)43(31-17-9-3-10-18-31)37-24-23-36(47-37)42(30-15-7-2-8-16-30)35-22-21-34(41)46-35/h1-28,33,41,46,48H/b42-36-,43-38-,44-39-. The Morgan fingerprint density at radius 2 is 1.08 bits per heavy atom. The van der Waals surface area contributed by atoms with Crippen molar-refractivity contribution in [2.75, 3.05) is 0 Å². The lowest BCUT2D eigenvalue weighted by molar-refractivity contribution is 0.717. The van der Waals surface area contributed by atoms with E-state index in [0.717, 1.165) is 72.6 Å². The molecule has 0 aliphatic carbocycles. The quantitative estimate of drug-likeness (QED) is 0.202. The summed E-state index contributed by atoms with van der Waals surface area (Å²) in [5.41, 5.74) is 12.8. The highest BCUT2D eigenvalue weighted by atomic mass is 14.8. The van der Waals surface area contributed by atoms with E-state index in [-0.39, 0.29) is 11.8 Å². The van der Waals surface area contributed by atoms with Gasteiger partial charge < -0.3 is 9.97 Å². The molecule has 0 spiro atoms. The van der Waals surface area contributed by atoms with E-state index in [1.54, 1.807) is 0 Å². The number of benzene rings is 4. The fraction of sp³-hybridized carbons (Fsp3) is 0.0455. The number of aromatic nitrogens is 2. The summed E-state index contributed by atoms with van der Waals surface area (Å²) in [4.78, 5) is 18.2. The number of rotatable bonds is 4. The van der Waals surface area contributed by atoms with E-state index < -0.39 is 0 Å². The summed E-state index contributed by atoms with van der Waals surface area (Å²) in [7, 11) is 0. The van der Waals surface area contributed by atoms with Gasteiger partial charge in [0, 0.05) is 56.9 Å². The van der Waals surface area contributed by atoms with Gasteiger partial charge in [-0.15, -0.1) is 0 Å². The van der Waals surface area contributed by atoms with Crippen molar-refractivity contribution in [3.63, 3.8) is 0 Å². The van der Waals surface area contributed by atoms with Crippen molar-refractivity contribution in [2.24, 2.45) is 15.9 Å². The highest BCUT2D eigenvalue weighted by Crippen LogP contribution is 2.39. The van der Waals surface area contributed by atoms with Gasteiger partial charge in [-0.25, -0.2) is 4.99 Å². The van der Waals surface area contributed by atoms with Gasteiger partial charge in [0.15, 0.2) is 0 Å². The molecule has 2 atom stereocenters. The van der Waals surface area contributed by atoms with Crippen LogP contribution < -0.4 is 10.7 Å². The van der Waals surface area contributed by atoms with Crippen molar-refractivity contribution in [1.29, 1.82) is 0 Å². The fourth-order valence-electron chi connectivity index (χ4n) is 7.24. The van der Waals surface area contributed by atoms with Crippen molar-refractivity contribution in [3.05, 3.63) is 220 Å². The molecule has 0 fully saturated rings. The third kappa shape index (κ3) is 4.95.